The van der Waals surface area contributed by atoms with E-state index in [0.717, 1.165) is 50.9 Å². The van der Waals surface area contributed by atoms with Crippen LogP contribution in [0.4, 0.5) is 5.95 Å². The fourth-order valence-electron chi connectivity index (χ4n) is 2.41. The zero-order chi connectivity index (χ0) is 15.2. The van der Waals surface area contributed by atoms with E-state index in [9.17, 15) is 0 Å². The Morgan fingerprint density at radius 2 is 2.05 bits per heavy atom. The van der Waals surface area contributed by atoms with E-state index < -0.39 is 0 Å². The number of rotatable bonds is 6. The van der Waals surface area contributed by atoms with Gasteiger partial charge in [0, 0.05) is 56.0 Å². The van der Waals surface area contributed by atoms with Crippen LogP contribution in [0.1, 0.15) is 12.5 Å². The molecule has 2 aromatic heterocycles. The van der Waals surface area contributed by atoms with Gasteiger partial charge in [-0.3, -0.25) is 4.68 Å². The Balaban J connectivity index is 1.48. The number of nitrogens with zero attached hydrogens (tertiary/aromatic N) is 5. The molecule has 0 radical (unpaired) electrons. The average Bonchev–Trinajstić information content (AvgIpc) is 3.07. The Hall–Kier alpha value is -1.99. The molecule has 1 unspecified atom stereocenters. The van der Waals surface area contributed by atoms with Crippen LogP contribution in [0.25, 0.3) is 0 Å². The maximum atomic E-state index is 5.34. The maximum absolute atomic E-state index is 5.34. The van der Waals surface area contributed by atoms with Crippen LogP contribution in [-0.2, 0) is 17.8 Å². The van der Waals surface area contributed by atoms with Gasteiger partial charge in [0.05, 0.1) is 19.8 Å². The fraction of sp³-hybridized carbons (Fsp3) is 0.533. The molecule has 1 aliphatic rings. The molecule has 22 heavy (non-hydrogen) atoms. The van der Waals surface area contributed by atoms with Crippen molar-refractivity contribution in [1.29, 1.82) is 0 Å². The van der Waals surface area contributed by atoms with Crippen LogP contribution >= 0.6 is 0 Å². The molecular formula is C15H22N6O. The number of nitrogens with one attached hydrogen (secondary N) is 1. The van der Waals surface area contributed by atoms with Crippen molar-refractivity contribution in [3.8, 4) is 0 Å². The summed E-state index contributed by atoms with van der Waals surface area (Å²) in [5, 5.41) is 7.67. The quantitative estimate of drug-likeness (QED) is 0.847. The summed E-state index contributed by atoms with van der Waals surface area (Å²) in [4.78, 5) is 11.1. The summed E-state index contributed by atoms with van der Waals surface area (Å²) in [7, 11) is 0. The zero-order valence-electron chi connectivity index (χ0n) is 12.9. The topological polar surface area (TPSA) is 68.1 Å². The van der Waals surface area contributed by atoms with Crippen LogP contribution in [-0.4, -0.2) is 52.1 Å². The maximum Gasteiger partial charge on any atom is 0.225 e. The Labute approximate surface area is 130 Å². The number of ether oxygens (including phenoxy) is 1. The normalized spacial score (nSPS) is 16.7. The van der Waals surface area contributed by atoms with Crippen molar-refractivity contribution >= 4 is 5.95 Å². The second-order valence-corrected chi connectivity index (χ2v) is 5.50. The molecule has 1 saturated heterocycles. The van der Waals surface area contributed by atoms with Crippen LogP contribution in [0.2, 0.25) is 0 Å². The Bertz CT molecular complexity index is 550. The highest BCUT2D eigenvalue weighted by molar-refractivity contribution is 5.30. The lowest BCUT2D eigenvalue weighted by Crippen LogP contribution is -2.37. The van der Waals surface area contributed by atoms with Gasteiger partial charge < -0.3 is 15.0 Å². The highest BCUT2D eigenvalue weighted by atomic mass is 16.5. The van der Waals surface area contributed by atoms with Gasteiger partial charge in [0.1, 0.15) is 0 Å². The molecule has 3 heterocycles. The molecule has 1 N–H and O–H groups in total. The van der Waals surface area contributed by atoms with Crippen molar-refractivity contribution < 1.29 is 4.74 Å². The van der Waals surface area contributed by atoms with Crippen molar-refractivity contribution in [2.24, 2.45) is 0 Å². The molecule has 1 atom stereocenters. The van der Waals surface area contributed by atoms with Gasteiger partial charge in [-0.2, -0.15) is 5.10 Å². The molecule has 1 fully saturated rings. The predicted octanol–water partition coefficient (Wildman–Crippen LogP) is 0.688. The minimum absolute atomic E-state index is 0.332. The summed E-state index contributed by atoms with van der Waals surface area (Å²) in [5.41, 5.74) is 1.09. The van der Waals surface area contributed by atoms with E-state index >= 15 is 0 Å². The zero-order valence-corrected chi connectivity index (χ0v) is 12.9. The Morgan fingerprint density at radius 3 is 2.73 bits per heavy atom. The van der Waals surface area contributed by atoms with Crippen LogP contribution < -0.4 is 10.2 Å². The molecule has 0 aromatic carbocycles. The average molecular weight is 302 g/mol. The van der Waals surface area contributed by atoms with Crippen LogP contribution in [0, 0.1) is 0 Å². The highest BCUT2D eigenvalue weighted by Gasteiger charge is 2.13. The van der Waals surface area contributed by atoms with E-state index in [2.05, 4.69) is 32.2 Å². The molecule has 7 heteroatoms. The number of hydrogen-bond acceptors (Lipinski definition) is 6. The first-order chi connectivity index (χ1) is 10.8. The first kappa shape index (κ1) is 14.9. The minimum Gasteiger partial charge on any atom is -0.378 e. The lowest BCUT2D eigenvalue weighted by atomic mass is 10.3. The lowest BCUT2D eigenvalue weighted by molar-refractivity contribution is 0.122. The van der Waals surface area contributed by atoms with Gasteiger partial charge >= 0.3 is 0 Å². The molecule has 0 saturated carbocycles. The van der Waals surface area contributed by atoms with Crippen molar-refractivity contribution in [2.45, 2.75) is 26.1 Å². The van der Waals surface area contributed by atoms with Crippen LogP contribution in [0.15, 0.2) is 30.9 Å². The largest absolute Gasteiger partial charge is 0.378 e. The lowest BCUT2D eigenvalue weighted by Gasteiger charge is -2.26. The summed E-state index contributed by atoms with van der Waals surface area (Å²) in [5.74, 6) is 0.789. The Morgan fingerprint density at radius 1 is 1.27 bits per heavy atom. The monoisotopic (exact) mass is 302 g/mol. The van der Waals surface area contributed by atoms with E-state index in [0.29, 0.717) is 6.04 Å². The smallest absolute Gasteiger partial charge is 0.225 e. The van der Waals surface area contributed by atoms with E-state index in [1.807, 2.05) is 29.3 Å². The number of hydrogen-bond donors (Lipinski definition) is 1. The van der Waals surface area contributed by atoms with Crippen molar-refractivity contribution in [2.75, 3.05) is 31.2 Å². The SMILES string of the molecule is CC(Cn1cccn1)NCc1cnc(N2CCOCC2)nc1. The molecule has 0 spiro atoms. The van der Waals surface area contributed by atoms with Crippen LogP contribution in [0.3, 0.4) is 0 Å². The molecular weight excluding hydrogens is 280 g/mol. The van der Waals surface area contributed by atoms with E-state index in [1.54, 1.807) is 6.20 Å². The number of aromatic nitrogens is 4. The molecule has 0 bridgehead atoms. The van der Waals surface area contributed by atoms with E-state index in [4.69, 9.17) is 4.74 Å². The van der Waals surface area contributed by atoms with Gasteiger partial charge in [0.15, 0.2) is 0 Å². The van der Waals surface area contributed by atoms with Gasteiger partial charge in [0.25, 0.3) is 0 Å². The predicted molar refractivity (Wildman–Crippen MR) is 83.6 cm³/mol. The molecule has 2 aromatic rings. The molecule has 1 aliphatic heterocycles. The summed E-state index contributed by atoms with van der Waals surface area (Å²) >= 11 is 0. The molecule has 3 rings (SSSR count). The Kier molecular flexibility index (Phi) is 4.97. The first-order valence-electron chi connectivity index (χ1n) is 7.66. The second kappa shape index (κ2) is 7.33. The minimum atomic E-state index is 0.332. The summed E-state index contributed by atoms with van der Waals surface area (Å²) in [6.45, 7) is 6.96. The van der Waals surface area contributed by atoms with E-state index in [-0.39, 0.29) is 0 Å². The summed E-state index contributed by atoms with van der Waals surface area (Å²) in [6, 6.07) is 2.27. The van der Waals surface area contributed by atoms with Gasteiger partial charge in [-0.15, -0.1) is 0 Å². The third-order valence-corrected chi connectivity index (χ3v) is 3.66. The van der Waals surface area contributed by atoms with Gasteiger partial charge in [-0.25, -0.2) is 9.97 Å². The summed E-state index contributed by atoms with van der Waals surface area (Å²) < 4.78 is 7.26. The summed E-state index contributed by atoms with van der Waals surface area (Å²) in [6.07, 6.45) is 7.56. The molecule has 7 nitrogen and oxygen atoms in total. The molecule has 0 amide bonds. The molecule has 0 aliphatic carbocycles. The van der Waals surface area contributed by atoms with Crippen LogP contribution in [0.5, 0.6) is 0 Å². The van der Waals surface area contributed by atoms with Crippen molar-refractivity contribution in [1.82, 2.24) is 25.1 Å². The third-order valence-electron chi connectivity index (χ3n) is 3.66. The molecule has 118 valence electrons. The van der Waals surface area contributed by atoms with Crippen molar-refractivity contribution in [3.63, 3.8) is 0 Å². The number of anilines is 1. The van der Waals surface area contributed by atoms with E-state index in [1.165, 1.54) is 0 Å². The van der Waals surface area contributed by atoms with Gasteiger partial charge in [-0.05, 0) is 13.0 Å². The first-order valence-corrected chi connectivity index (χ1v) is 7.66. The second-order valence-electron chi connectivity index (χ2n) is 5.50. The van der Waals surface area contributed by atoms with Gasteiger partial charge in [0.2, 0.25) is 5.95 Å². The van der Waals surface area contributed by atoms with Gasteiger partial charge in [-0.1, -0.05) is 0 Å². The fourth-order valence-corrected chi connectivity index (χ4v) is 2.41. The number of morpholine rings is 1. The standard InChI is InChI=1S/C15H22N6O/c1-13(12-21-4-2-3-19-21)16-9-14-10-17-15(18-11-14)20-5-7-22-8-6-20/h2-4,10-11,13,16H,5-9,12H2,1H3. The third kappa shape index (κ3) is 4.02. The van der Waals surface area contributed by atoms with Crippen molar-refractivity contribution in [3.05, 3.63) is 36.4 Å². The highest BCUT2D eigenvalue weighted by Crippen LogP contribution is 2.09.